The van der Waals surface area contributed by atoms with Gasteiger partial charge in [0, 0.05) is 6.08 Å². The van der Waals surface area contributed by atoms with Gasteiger partial charge in [-0.15, -0.1) is 0 Å². The summed E-state index contributed by atoms with van der Waals surface area (Å²) in [6, 6.07) is -0.376. The smallest absolute Gasteiger partial charge is 0.328 e. The molecule has 13 heavy (non-hydrogen) atoms. The quantitative estimate of drug-likeness (QED) is 0.397. The molecule has 0 spiro atoms. The van der Waals surface area contributed by atoms with Crippen LogP contribution in [0.2, 0.25) is 0 Å². The molecule has 0 aromatic heterocycles. The number of hydrogen-bond donors (Lipinski definition) is 1. The van der Waals surface area contributed by atoms with Crippen LogP contribution in [0.4, 0.5) is 0 Å². The number of aliphatic imine (C=N–C) groups is 1. The van der Waals surface area contributed by atoms with Crippen molar-refractivity contribution in [3.8, 4) is 0 Å². The van der Waals surface area contributed by atoms with E-state index in [2.05, 4.69) is 4.99 Å². The van der Waals surface area contributed by atoms with Gasteiger partial charge in [-0.3, -0.25) is 0 Å². The van der Waals surface area contributed by atoms with Crippen molar-refractivity contribution in [1.82, 2.24) is 0 Å². The number of carboxylic acid groups (broad SMARTS) is 1. The number of isocyanates is 1. The molecule has 0 aliphatic rings. The van der Waals surface area contributed by atoms with Gasteiger partial charge in [-0.05, 0) is 5.92 Å². The van der Waals surface area contributed by atoms with Crippen LogP contribution in [0.15, 0.2) is 17.1 Å². The van der Waals surface area contributed by atoms with Gasteiger partial charge in [0.2, 0.25) is 6.08 Å². The molecular formula is C9H13NO3. The van der Waals surface area contributed by atoms with Gasteiger partial charge < -0.3 is 5.11 Å². The lowest BCUT2D eigenvalue weighted by atomic mass is 9.99. The van der Waals surface area contributed by atoms with Crippen LogP contribution in [0.1, 0.15) is 20.3 Å². The summed E-state index contributed by atoms with van der Waals surface area (Å²) in [6.07, 6.45) is 4.67. The van der Waals surface area contributed by atoms with E-state index in [1.54, 1.807) is 0 Å². The van der Waals surface area contributed by atoms with E-state index in [4.69, 9.17) is 5.11 Å². The lowest BCUT2D eigenvalue weighted by Gasteiger charge is -2.11. The van der Waals surface area contributed by atoms with Crippen LogP contribution in [-0.2, 0) is 9.59 Å². The van der Waals surface area contributed by atoms with Crippen molar-refractivity contribution in [2.24, 2.45) is 10.9 Å². The maximum atomic E-state index is 10.2. The van der Waals surface area contributed by atoms with Crippen LogP contribution >= 0.6 is 0 Å². The van der Waals surface area contributed by atoms with Gasteiger partial charge in [0.25, 0.3) is 0 Å². The second-order valence-electron chi connectivity index (χ2n) is 2.79. The standard InChI is InChI=1S/C9H13NO3/c1-3-7(2)8(10-6-11)4-5-9(12)13/h4-5,7-8H,3H2,1-2H3,(H,12,13). The molecule has 0 aliphatic heterocycles. The van der Waals surface area contributed by atoms with E-state index in [1.165, 1.54) is 12.2 Å². The van der Waals surface area contributed by atoms with Crippen LogP contribution in [-0.4, -0.2) is 23.2 Å². The van der Waals surface area contributed by atoms with Crippen molar-refractivity contribution in [2.75, 3.05) is 0 Å². The third-order valence-electron chi connectivity index (χ3n) is 1.86. The molecule has 0 aromatic carbocycles. The first kappa shape index (κ1) is 11.6. The van der Waals surface area contributed by atoms with E-state index in [9.17, 15) is 9.59 Å². The molecule has 0 saturated heterocycles. The lowest BCUT2D eigenvalue weighted by molar-refractivity contribution is -0.131. The molecule has 0 fully saturated rings. The number of carboxylic acids is 1. The molecule has 2 unspecified atom stereocenters. The molecule has 0 aliphatic carbocycles. The SMILES string of the molecule is CCC(C)C(C=CC(=O)O)N=C=O. The van der Waals surface area contributed by atoms with Crippen LogP contribution in [0.3, 0.4) is 0 Å². The Morgan fingerprint density at radius 2 is 2.31 bits per heavy atom. The zero-order valence-corrected chi connectivity index (χ0v) is 7.73. The topological polar surface area (TPSA) is 66.7 Å². The molecule has 0 amide bonds. The van der Waals surface area contributed by atoms with Gasteiger partial charge in [0.15, 0.2) is 0 Å². The highest BCUT2D eigenvalue weighted by Gasteiger charge is 2.11. The zero-order valence-electron chi connectivity index (χ0n) is 7.73. The third kappa shape index (κ3) is 4.93. The summed E-state index contributed by atoms with van der Waals surface area (Å²) in [5.41, 5.74) is 0. The van der Waals surface area contributed by atoms with Gasteiger partial charge in [-0.25, -0.2) is 9.59 Å². The van der Waals surface area contributed by atoms with Gasteiger partial charge in [-0.2, -0.15) is 4.99 Å². The summed E-state index contributed by atoms with van der Waals surface area (Å²) < 4.78 is 0. The van der Waals surface area contributed by atoms with Gasteiger partial charge in [0.1, 0.15) is 0 Å². The minimum Gasteiger partial charge on any atom is -0.478 e. The minimum atomic E-state index is -1.03. The summed E-state index contributed by atoms with van der Waals surface area (Å²) >= 11 is 0. The minimum absolute atomic E-state index is 0.150. The maximum absolute atomic E-state index is 10.2. The van der Waals surface area contributed by atoms with Crippen LogP contribution in [0.25, 0.3) is 0 Å². The molecule has 0 radical (unpaired) electrons. The van der Waals surface area contributed by atoms with E-state index in [1.807, 2.05) is 13.8 Å². The monoisotopic (exact) mass is 183 g/mol. The molecule has 0 aromatic rings. The Hall–Kier alpha value is -1.41. The highest BCUT2D eigenvalue weighted by Crippen LogP contribution is 2.11. The Bertz CT molecular complexity index is 241. The van der Waals surface area contributed by atoms with Crippen molar-refractivity contribution in [1.29, 1.82) is 0 Å². The second-order valence-corrected chi connectivity index (χ2v) is 2.79. The molecule has 2 atom stereocenters. The summed E-state index contributed by atoms with van der Waals surface area (Å²) in [4.78, 5) is 23.7. The zero-order chi connectivity index (χ0) is 10.3. The Labute approximate surface area is 77.0 Å². The number of carbonyl (C=O) groups excluding carboxylic acids is 1. The Morgan fingerprint density at radius 3 is 2.69 bits per heavy atom. The molecule has 4 heteroatoms. The molecule has 0 heterocycles. The van der Waals surface area contributed by atoms with Crippen molar-refractivity contribution in [2.45, 2.75) is 26.3 Å². The van der Waals surface area contributed by atoms with E-state index in [-0.39, 0.29) is 12.0 Å². The van der Waals surface area contributed by atoms with E-state index in [0.717, 1.165) is 12.5 Å². The first-order valence-corrected chi connectivity index (χ1v) is 4.10. The molecule has 1 N–H and O–H groups in total. The fourth-order valence-corrected chi connectivity index (χ4v) is 0.843. The highest BCUT2D eigenvalue weighted by molar-refractivity contribution is 5.79. The summed E-state index contributed by atoms with van der Waals surface area (Å²) in [5, 5.41) is 8.36. The number of aliphatic carboxylic acids is 1. The first-order chi connectivity index (χ1) is 6.11. The van der Waals surface area contributed by atoms with Gasteiger partial charge in [0.05, 0.1) is 6.04 Å². The van der Waals surface area contributed by atoms with Gasteiger partial charge in [-0.1, -0.05) is 26.3 Å². The van der Waals surface area contributed by atoms with E-state index < -0.39 is 5.97 Å². The average molecular weight is 183 g/mol. The first-order valence-electron chi connectivity index (χ1n) is 4.10. The Kier molecular flexibility index (Phi) is 5.48. The largest absolute Gasteiger partial charge is 0.478 e. The molecule has 0 saturated carbocycles. The Balaban J connectivity index is 4.42. The van der Waals surface area contributed by atoms with Crippen molar-refractivity contribution >= 4 is 12.0 Å². The maximum Gasteiger partial charge on any atom is 0.328 e. The Morgan fingerprint density at radius 1 is 1.69 bits per heavy atom. The summed E-state index contributed by atoms with van der Waals surface area (Å²) in [5.74, 6) is -0.883. The summed E-state index contributed by atoms with van der Waals surface area (Å²) in [7, 11) is 0. The number of nitrogens with zero attached hydrogens (tertiary/aromatic N) is 1. The van der Waals surface area contributed by atoms with Crippen LogP contribution in [0, 0.1) is 5.92 Å². The number of rotatable bonds is 5. The number of carbonyl (C=O) groups is 1. The summed E-state index contributed by atoms with van der Waals surface area (Å²) in [6.45, 7) is 3.85. The fourth-order valence-electron chi connectivity index (χ4n) is 0.843. The van der Waals surface area contributed by atoms with Gasteiger partial charge >= 0.3 is 5.97 Å². The number of hydrogen-bond acceptors (Lipinski definition) is 3. The normalized spacial score (nSPS) is 14.9. The molecule has 4 nitrogen and oxygen atoms in total. The third-order valence-corrected chi connectivity index (χ3v) is 1.86. The van der Waals surface area contributed by atoms with Crippen molar-refractivity contribution < 1.29 is 14.7 Å². The average Bonchev–Trinajstić information content (AvgIpc) is 2.10. The predicted molar refractivity (Wildman–Crippen MR) is 48.1 cm³/mol. The van der Waals surface area contributed by atoms with Crippen LogP contribution < -0.4 is 0 Å². The fraction of sp³-hybridized carbons (Fsp3) is 0.556. The molecule has 0 bridgehead atoms. The molecular weight excluding hydrogens is 170 g/mol. The molecule has 72 valence electrons. The molecule has 0 rings (SSSR count). The second kappa shape index (κ2) is 6.14. The van der Waals surface area contributed by atoms with E-state index in [0.29, 0.717) is 0 Å². The van der Waals surface area contributed by atoms with Crippen LogP contribution in [0.5, 0.6) is 0 Å². The predicted octanol–water partition coefficient (Wildman–Crippen LogP) is 1.38. The van der Waals surface area contributed by atoms with Crippen molar-refractivity contribution in [3.63, 3.8) is 0 Å². The lowest BCUT2D eigenvalue weighted by Crippen LogP contribution is -2.12. The van der Waals surface area contributed by atoms with Crippen molar-refractivity contribution in [3.05, 3.63) is 12.2 Å². The van der Waals surface area contributed by atoms with E-state index >= 15 is 0 Å². The highest BCUT2D eigenvalue weighted by atomic mass is 16.4.